The second kappa shape index (κ2) is 2.93. The van der Waals surface area contributed by atoms with Gasteiger partial charge in [-0.3, -0.25) is 0 Å². The highest BCUT2D eigenvalue weighted by Gasteiger charge is 2.24. The summed E-state index contributed by atoms with van der Waals surface area (Å²) < 4.78 is 27.0. The summed E-state index contributed by atoms with van der Waals surface area (Å²) in [5.74, 6) is -1.77. The molecule has 1 rings (SSSR count). The average Bonchev–Trinajstić information content (AvgIpc) is 2.15. The maximum Gasteiger partial charge on any atom is 0.249 e. The Morgan fingerprint density at radius 1 is 1.33 bits per heavy atom. The number of rotatable bonds is 0. The number of hydrogen-bond acceptors (Lipinski definition) is 1. The first-order valence-corrected chi connectivity index (χ1v) is 4.52. The molecule has 0 aromatic carbocycles. The second-order valence-electron chi connectivity index (χ2n) is 3.48. The standard InChI is InChI=1S/C7H9F2IN2/c1-7(2,3)12-5(9)4(8)6(10)11-12/h1-3H3. The topological polar surface area (TPSA) is 17.8 Å². The molecule has 0 bridgehead atoms. The third kappa shape index (κ3) is 1.60. The van der Waals surface area contributed by atoms with Gasteiger partial charge in [-0.25, -0.2) is 4.68 Å². The van der Waals surface area contributed by atoms with Gasteiger partial charge in [-0.2, -0.15) is 13.9 Å². The molecule has 5 heteroatoms. The van der Waals surface area contributed by atoms with Crippen LogP contribution in [0.15, 0.2) is 0 Å². The van der Waals surface area contributed by atoms with Crippen LogP contribution < -0.4 is 0 Å². The first kappa shape index (κ1) is 9.88. The van der Waals surface area contributed by atoms with E-state index in [1.165, 1.54) is 0 Å². The predicted molar refractivity (Wildman–Crippen MR) is 49.9 cm³/mol. The molecule has 0 aliphatic heterocycles. The van der Waals surface area contributed by atoms with Gasteiger partial charge in [-0.1, -0.05) is 0 Å². The summed E-state index contributed by atoms with van der Waals surface area (Å²) in [6, 6.07) is 0. The molecule has 0 amide bonds. The molecule has 0 aliphatic carbocycles. The Labute approximate surface area is 83.1 Å². The smallest absolute Gasteiger partial charge is 0.231 e. The fourth-order valence-corrected chi connectivity index (χ4v) is 1.24. The number of aromatic nitrogens is 2. The van der Waals surface area contributed by atoms with E-state index in [0.717, 1.165) is 4.68 Å². The summed E-state index contributed by atoms with van der Waals surface area (Å²) in [6.07, 6.45) is 0. The summed E-state index contributed by atoms with van der Waals surface area (Å²) in [5, 5.41) is 3.73. The van der Waals surface area contributed by atoms with E-state index in [1.807, 2.05) is 0 Å². The van der Waals surface area contributed by atoms with E-state index in [-0.39, 0.29) is 3.70 Å². The lowest BCUT2D eigenvalue weighted by molar-refractivity contribution is 0.289. The molecule has 0 fully saturated rings. The molecular weight excluding hydrogens is 277 g/mol. The van der Waals surface area contributed by atoms with Gasteiger partial charge in [-0.05, 0) is 43.4 Å². The van der Waals surface area contributed by atoms with Crippen molar-refractivity contribution < 1.29 is 8.78 Å². The maximum absolute atomic E-state index is 13.0. The lowest BCUT2D eigenvalue weighted by atomic mass is 10.1. The zero-order chi connectivity index (χ0) is 9.52. The summed E-state index contributed by atoms with van der Waals surface area (Å²) in [4.78, 5) is 0. The van der Waals surface area contributed by atoms with Crippen LogP contribution in [-0.4, -0.2) is 9.78 Å². The lowest BCUT2D eigenvalue weighted by Gasteiger charge is -2.18. The third-order valence-corrected chi connectivity index (χ3v) is 2.06. The fourth-order valence-electron chi connectivity index (χ4n) is 0.798. The van der Waals surface area contributed by atoms with E-state index >= 15 is 0 Å². The summed E-state index contributed by atoms with van der Waals surface area (Å²) >= 11 is 1.66. The number of nitrogens with zero attached hydrogens (tertiary/aromatic N) is 2. The van der Waals surface area contributed by atoms with Gasteiger partial charge in [0.25, 0.3) is 0 Å². The van der Waals surface area contributed by atoms with Crippen molar-refractivity contribution in [3.63, 3.8) is 0 Å². The predicted octanol–water partition coefficient (Wildman–Crippen LogP) is 2.52. The molecule has 68 valence electrons. The molecule has 0 saturated heterocycles. The summed E-state index contributed by atoms with van der Waals surface area (Å²) in [5.41, 5.74) is -0.519. The first-order chi connectivity index (χ1) is 5.34. The Kier molecular flexibility index (Phi) is 2.42. The van der Waals surface area contributed by atoms with Crippen LogP contribution >= 0.6 is 22.6 Å². The van der Waals surface area contributed by atoms with Gasteiger partial charge < -0.3 is 0 Å². The number of hydrogen-bond donors (Lipinski definition) is 0. The van der Waals surface area contributed by atoms with Gasteiger partial charge in [0.1, 0.15) is 0 Å². The van der Waals surface area contributed by atoms with Crippen molar-refractivity contribution in [3.05, 3.63) is 15.5 Å². The van der Waals surface area contributed by atoms with Crippen molar-refractivity contribution in [2.75, 3.05) is 0 Å². The largest absolute Gasteiger partial charge is 0.249 e. The van der Waals surface area contributed by atoms with Crippen LogP contribution in [-0.2, 0) is 5.54 Å². The second-order valence-corrected chi connectivity index (χ2v) is 4.50. The van der Waals surface area contributed by atoms with E-state index < -0.39 is 17.3 Å². The lowest BCUT2D eigenvalue weighted by Crippen LogP contribution is -2.25. The third-order valence-electron chi connectivity index (χ3n) is 1.37. The molecule has 1 aromatic rings. The van der Waals surface area contributed by atoms with Gasteiger partial charge >= 0.3 is 0 Å². The van der Waals surface area contributed by atoms with Crippen LogP contribution in [0.25, 0.3) is 0 Å². The van der Waals surface area contributed by atoms with Crippen LogP contribution in [0.1, 0.15) is 20.8 Å². The van der Waals surface area contributed by atoms with Crippen molar-refractivity contribution in [3.8, 4) is 0 Å². The van der Waals surface area contributed by atoms with Crippen LogP contribution in [0.5, 0.6) is 0 Å². The highest BCUT2D eigenvalue weighted by atomic mass is 127. The average molecular weight is 286 g/mol. The van der Waals surface area contributed by atoms with Gasteiger partial charge in [0.15, 0.2) is 3.70 Å². The Morgan fingerprint density at radius 3 is 2.00 bits per heavy atom. The van der Waals surface area contributed by atoms with Gasteiger partial charge in [-0.15, -0.1) is 0 Å². The fraction of sp³-hybridized carbons (Fsp3) is 0.571. The molecule has 2 nitrogen and oxygen atoms in total. The van der Waals surface area contributed by atoms with E-state index in [1.54, 1.807) is 43.4 Å². The normalized spacial score (nSPS) is 12.2. The minimum atomic E-state index is -0.896. The first-order valence-electron chi connectivity index (χ1n) is 3.44. The van der Waals surface area contributed by atoms with Crippen molar-refractivity contribution in [1.82, 2.24) is 9.78 Å². The Morgan fingerprint density at radius 2 is 1.83 bits per heavy atom. The van der Waals surface area contributed by atoms with Crippen LogP contribution in [0.3, 0.4) is 0 Å². The molecule has 0 atom stereocenters. The van der Waals surface area contributed by atoms with Gasteiger partial charge in [0.05, 0.1) is 5.54 Å². The minimum Gasteiger partial charge on any atom is -0.231 e. The SMILES string of the molecule is CC(C)(C)n1nc(I)c(F)c1F. The van der Waals surface area contributed by atoms with Crippen molar-refractivity contribution in [2.24, 2.45) is 0 Å². The maximum atomic E-state index is 13.0. The highest BCUT2D eigenvalue weighted by molar-refractivity contribution is 14.1. The molecule has 12 heavy (non-hydrogen) atoms. The molecule has 0 aliphatic rings. The highest BCUT2D eigenvalue weighted by Crippen LogP contribution is 2.20. The van der Waals surface area contributed by atoms with Crippen LogP contribution in [0.4, 0.5) is 8.78 Å². The zero-order valence-corrected chi connectivity index (χ0v) is 9.19. The molecule has 0 unspecified atom stereocenters. The molecule has 0 N–H and O–H groups in total. The zero-order valence-electron chi connectivity index (χ0n) is 7.03. The van der Waals surface area contributed by atoms with Crippen molar-refractivity contribution >= 4 is 22.6 Å². The minimum absolute atomic E-state index is 0.0695. The molecule has 0 saturated carbocycles. The van der Waals surface area contributed by atoms with E-state index in [9.17, 15) is 8.78 Å². The summed E-state index contributed by atoms with van der Waals surface area (Å²) in [6.45, 7) is 5.29. The number of halogens is 3. The van der Waals surface area contributed by atoms with Gasteiger partial charge in [0.2, 0.25) is 11.8 Å². The Bertz CT molecular complexity index is 301. The Hall–Kier alpha value is -0.200. The quantitative estimate of drug-likeness (QED) is 0.670. The van der Waals surface area contributed by atoms with Crippen LogP contribution in [0, 0.1) is 15.5 Å². The molecule has 0 radical (unpaired) electrons. The van der Waals surface area contributed by atoms with E-state index in [0.29, 0.717) is 0 Å². The van der Waals surface area contributed by atoms with Gasteiger partial charge in [0, 0.05) is 0 Å². The summed E-state index contributed by atoms with van der Waals surface area (Å²) in [7, 11) is 0. The van der Waals surface area contributed by atoms with E-state index in [4.69, 9.17) is 0 Å². The molecule has 0 spiro atoms. The molecule has 1 aromatic heterocycles. The van der Waals surface area contributed by atoms with E-state index in [2.05, 4.69) is 5.10 Å². The van der Waals surface area contributed by atoms with Crippen molar-refractivity contribution in [2.45, 2.75) is 26.3 Å². The molecule has 1 heterocycles. The Balaban J connectivity index is 3.28. The monoisotopic (exact) mass is 286 g/mol. The molecular formula is C7H9F2IN2. The van der Waals surface area contributed by atoms with Crippen LogP contribution in [0.2, 0.25) is 0 Å². The van der Waals surface area contributed by atoms with Crippen molar-refractivity contribution in [1.29, 1.82) is 0 Å².